The zero-order chi connectivity index (χ0) is 5.98. The molecule has 1 unspecified atom stereocenters. The molecule has 1 aliphatic heterocycles. The molecule has 3 heteroatoms. The van der Waals surface area contributed by atoms with Crippen LogP contribution < -0.4 is 5.73 Å². The van der Waals surface area contributed by atoms with Crippen LogP contribution in [0.4, 0.5) is 4.79 Å². The molecule has 0 aromatic carbocycles. The van der Waals surface area contributed by atoms with Crippen LogP contribution in [-0.2, 0) is 0 Å². The third kappa shape index (κ3) is 0.980. The Morgan fingerprint density at radius 2 is 2.50 bits per heavy atom. The molecule has 1 amide bonds. The van der Waals surface area contributed by atoms with Crippen molar-refractivity contribution in [1.29, 1.82) is 0 Å². The molecule has 1 aliphatic rings. The number of primary amides is 1. The fourth-order valence-electron chi connectivity index (χ4n) is 0.523. The fraction of sp³-hybridized carbons (Fsp3) is 0.200. The monoisotopic (exact) mass is 129 g/mol. The molecule has 1 heterocycles. The van der Waals surface area contributed by atoms with E-state index in [9.17, 15) is 4.79 Å². The lowest BCUT2D eigenvalue weighted by Gasteiger charge is -1.87. The minimum atomic E-state index is -0.346. The van der Waals surface area contributed by atoms with E-state index in [1.807, 2.05) is 16.9 Å². The van der Waals surface area contributed by atoms with Crippen molar-refractivity contribution in [1.82, 2.24) is 0 Å². The number of allylic oxidation sites excluding steroid dienone is 1. The van der Waals surface area contributed by atoms with Gasteiger partial charge in [-0.3, -0.25) is 4.79 Å². The minimum absolute atomic E-state index is 0.223. The van der Waals surface area contributed by atoms with Crippen molar-refractivity contribution in [3.63, 3.8) is 0 Å². The predicted octanol–water partition coefficient (Wildman–Crippen LogP) is 1.05. The van der Waals surface area contributed by atoms with E-state index in [2.05, 4.69) is 0 Å². The number of carbonyl (C=O) groups excluding carboxylic acids is 1. The van der Waals surface area contributed by atoms with Crippen molar-refractivity contribution in [3.8, 4) is 0 Å². The second-order valence-corrected chi connectivity index (χ2v) is 3.22. The van der Waals surface area contributed by atoms with Gasteiger partial charge in [-0.2, -0.15) is 0 Å². The summed E-state index contributed by atoms with van der Waals surface area (Å²) in [5.41, 5.74) is 4.99. The van der Waals surface area contributed by atoms with Crippen LogP contribution in [0.3, 0.4) is 0 Å². The molecule has 0 saturated carbocycles. The Morgan fingerprint density at radius 1 is 1.75 bits per heavy atom. The van der Waals surface area contributed by atoms with Gasteiger partial charge < -0.3 is 5.73 Å². The summed E-state index contributed by atoms with van der Waals surface area (Å²) in [7, 11) is -0.346. The maximum atomic E-state index is 10.4. The molecule has 0 fully saturated rings. The zero-order valence-corrected chi connectivity index (χ0v) is 5.15. The van der Waals surface area contributed by atoms with E-state index < -0.39 is 0 Å². The van der Waals surface area contributed by atoms with E-state index in [0.717, 1.165) is 6.42 Å². The third-order valence-electron chi connectivity index (χ3n) is 0.887. The second-order valence-electron chi connectivity index (χ2n) is 1.46. The third-order valence-corrected chi connectivity index (χ3v) is 2.39. The molecule has 8 heavy (non-hydrogen) atoms. The molecule has 0 aliphatic carbocycles. The van der Waals surface area contributed by atoms with Gasteiger partial charge >= 0.3 is 0 Å². The number of amides is 1. The van der Waals surface area contributed by atoms with Gasteiger partial charge in [0.05, 0.1) is 0 Å². The molecular formula is C5H7NOS. The lowest BCUT2D eigenvalue weighted by Crippen LogP contribution is -2.02. The molecule has 0 aromatic heterocycles. The van der Waals surface area contributed by atoms with Crippen LogP contribution in [0.1, 0.15) is 6.42 Å². The number of rotatable bonds is 0. The van der Waals surface area contributed by atoms with Crippen molar-refractivity contribution >= 4 is 21.1 Å². The smallest absolute Gasteiger partial charge is 0.274 e. The normalized spacial score (nSPS) is 25.2. The van der Waals surface area contributed by atoms with Gasteiger partial charge in [-0.15, -0.1) is 0 Å². The summed E-state index contributed by atoms with van der Waals surface area (Å²) < 4.78 is 0. The highest BCUT2D eigenvalue weighted by molar-refractivity contribution is 8.30. The quantitative estimate of drug-likeness (QED) is 0.488. The maximum Gasteiger partial charge on any atom is 0.274 e. The molecule has 2 N–H and O–H groups in total. The van der Waals surface area contributed by atoms with Gasteiger partial charge in [0.25, 0.3) is 5.24 Å². The summed E-state index contributed by atoms with van der Waals surface area (Å²) in [6.45, 7) is 0. The highest BCUT2D eigenvalue weighted by Gasteiger charge is 1.99. The SMILES string of the molecule is NC(=O)S1=CCC=C1. The first-order chi connectivity index (χ1) is 3.80. The van der Waals surface area contributed by atoms with Gasteiger partial charge in [0.2, 0.25) is 0 Å². The molecule has 1 rings (SSSR count). The molecule has 0 aromatic rings. The highest BCUT2D eigenvalue weighted by Crippen LogP contribution is 2.18. The fourth-order valence-corrected chi connectivity index (χ4v) is 1.57. The van der Waals surface area contributed by atoms with E-state index in [-0.39, 0.29) is 15.7 Å². The Morgan fingerprint density at radius 3 is 2.75 bits per heavy atom. The Balaban J connectivity index is 2.72. The Bertz CT molecular complexity index is 171. The van der Waals surface area contributed by atoms with E-state index in [1.165, 1.54) is 0 Å². The molecular weight excluding hydrogens is 122 g/mol. The first-order valence-corrected chi connectivity index (χ1v) is 3.67. The molecule has 0 spiro atoms. The summed E-state index contributed by atoms with van der Waals surface area (Å²) >= 11 is 0. The van der Waals surface area contributed by atoms with Crippen molar-refractivity contribution in [2.45, 2.75) is 6.42 Å². The Hall–Kier alpha value is -0.570. The van der Waals surface area contributed by atoms with Crippen LogP contribution in [0.2, 0.25) is 0 Å². The maximum absolute atomic E-state index is 10.4. The topological polar surface area (TPSA) is 43.1 Å². The molecule has 44 valence electrons. The van der Waals surface area contributed by atoms with Gasteiger partial charge in [0.15, 0.2) is 0 Å². The van der Waals surface area contributed by atoms with Crippen molar-refractivity contribution in [3.05, 3.63) is 11.5 Å². The number of nitrogens with two attached hydrogens (primary N) is 1. The van der Waals surface area contributed by atoms with Crippen molar-refractivity contribution in [2.75, 3.05) is 0 Å². The van der Waals surface area contributed by atoms with E-state index in [0.29, 0.717) is 0 Å². The summed E-state index contributed by atoms with van der Waals surface area (Å²) in [5, 5.41) is 3.55. The standard InChI is InChI=1S/C5H7NOS/c6-5(7)8-3-1-2-4-8/h1,3-4H,2H2,(H2,6,7). The highest BCUT2D eigenvalue weighted by atomic mass is 32.2. The Labute approximate surface area is 50.3 Å². The van der Waals surface area contributed by atoms with Gasteiger partial charge in [-0.25, -0.2) is 0 Å². The van der Waals surface area contributed by atoms with E-state index in [4.69, 9.17) is 5.73 Å². The van der Waals surface area contributed by atoms with Crippen LogP contribution >= 0.6 is 10.5 Å². The van der Waals surface area contributed by atoms with Crippen LogP contribution in [0.25, 0.3) is 0 Å². The minimum Gasteiger partial charge on any atom is -0.361 e. The van der Waals surface area contributed by atoms with Gasteiger partial charge in [-0.1, -0.05) is 16.6 Å². The van der Waals surface area contributed by atoms with Crippen LogP contribution in [0.5, 0.6) is 0 Å². The lowest BCUT2D eigenvalue weighted by molar-refractivity contribution is 0.267. The lowest BCUT2D eigenvalue weighted by atomic mass is 10.5. The molecule has 0 bridgehead atoms. The second kappa shape index (κ2) is 2.13. The number of hydrogen-bond donors (Lipinski definition) is 1. The average molecular weight is 129 g/mol. The number of hydrogen-bond acceptors (Lipinski definition) is 1. The average Bonchev–Trinajstić information content (AvgIpc) is 2.12. The van der Waals surface area contributed by atoms with Gasteiger partial charge in [0, 0.05) is 0 Å². The zero-order valence-electron chi connectivity index (χ0n) is 4.33. The summed E-state index contributed by atoms with van der Waals surface area (Å²) in [4.78, 5) is 10.4. The summed E-state index contributed by atoms with van der Waals surface area (Å²) in [6.07, 6.45) is 2.85. The van der Waals surface area contributed by atoms with Crippen LogP contribution in [-0.4, -0.2) is 10.6 Å². The van der Waals surface area contributed by atoms with Crippen LogP contribution in [0, 0.1) is 0 Å². The Kier molecular flexibility index (Phi) is 1.48. The molecule has 1 atom stereocenters. The largest absolute Gasteiger partial charge is 0.361 e. The van der Waals surface area contributed by atoms with E-state index in [1.54, 1.807) is 0 Å². The van der Waals surface area contributed by atoms with Crippen molar-refractivity contribution in [2.24, 2.45) is 5.73 Å². The summed E-state index contributed by atoms with van der Waals surface area (Å²) in [5.74, 6) is 0. The van der Waals surface area contributed by atoms with Crippen molar-refractivity contribution < 1.29 is 4.79 Å². The number of carbonyl (C=O) groups is 1. The van der Waals surface area contributed by atoms with E-state index >= 15 is 0 Å². The molecule has 0 saturated heterocycles. The molecule has 0 radical (unpaired) electrons. The first-order valence-electron chi connectivity index (χ1n) is 2.32. The van der Waals surface area contributed by atoms with Crippen LogP contribution in [0.15, 0.2) is 11.5 Å². The summed E-state index contributed by atoms with van der Waals surface area (Å²) in [6, 6.07) is 0. The molecule has 2 nitrogen and oxygen atoms in total. The van der Waals surface area contributed by atoms with Gasteiger partial charge in [-0.05, 0) is 17.2 Å². The first kappa shape index (κ1) is 5.56. The predicted molar refractivity (Wildman–Crippen MR) is 37.0 cm³/mol. The van der Waals surface area contributed by atoms with Gasteiger partial charge in [0.1, 0.15) is 0 Å².